The molecule has 0 heterocycles. The fraction of sp³-hybridized carbons (Fsp3) is 0.417. The van der Waals surface area contributed by atoms with E-state index in [4.69, 9.17) is 5.11 Å². The highest BCUT2D eigenvalue weighted by Gasteiger charge is 2.30. The Kier molecular flexibility index (Phi) is 4.19. The van der Waals surface area contributed by atoms with E-state index in [-0.39, 0.29) is 12.2 Å². The number of carbonyl (C=O) groups is 1. The number of halogens is 1. The Morgan fingerprint density at radius 1 is 1.42 bits per heavy atom. The second kappa shape index (κ2) is 5.16. The van der Waals surface area contributed by atoms with Gasteiger partial charge in [0, 0.05) is 12.8 Å². The molecule has 0 aliphatic carbocycles. The summed E-state index contributed by atoms with van der Waals surface area (Å²) < 4.78 is 35.4. The molecule has 19 heavy (non-hydrogen) atoms. The van der Waals surface area contributed by atoms with Crippen LogP contribution in [0.2, 0.25) is 0 Å². The van der Waals surface area contributed by atoms with Gasteiger partial charge in [0.05, 0.1) is 10.4 Å². The van der Waals surface area contributed by atoms with Gasteiger partial charge in [0.2, 0.25) is 0 Å². The minimum absolute atomic E-state index is 0.0183. The summed E-state index contributed by atoms with van der Waals surface area (Å²) in [6, 6.07) is 3.79. The lowest BCUT2D eigenvalue weighted by molar-refractivity contribution is 0.0693. The van der Waals surface area contributed by atoms with Crippen molar-refractivity contribution in [2.75, 3.05) is 18.1 Å². The first kappa shape index (κ1) is 15.4. The average Bonchev–Trinajstić information content (AvgIpc) is 2.24. The summed E-state index contributed by atoms with van der Waals surface area (Å²) in [6.07, 6.45) is 1.10. The summed E-state index contributed by atoms with van der Waals surface area (Å²) in [7, 11) is -3.32. The van der Waals surface area contributed by atoms with Crippen LogP contribution in [0.15, 0.2) is 18.2 Å². The van der Waals surface area contributed by atoms with E-state index in [0.717, 1.165) is 12.3 Å². The second-order valence-electron chi connectivity index (χ2n) is 4.85. The number of carboxylic acid groups (broad SMARTS) is 1. The summed E-state index contributed by atoms with van der Waals surface area (Å²) in [4.78, 5) is 11.0. The van der Waals surface area contributed by atoms with E-state index >= 15 is 0 Å². The Morgan fingerprint density at radius 2 is 2.00 bits per heavy atom. The van der Waals surface area contributed by atoms with Crippen LogP contribution in [0.5, 0.6) is 0 Å². The summed E-state index contributed by atoms with van der Waals surface area (Å²) >= 11 is 0. The van der Waals surface area contributed by atoms with E-state index in [2.05, 4.69) is 5.32 Å². The van der Waals surface area contributed by atoms with Crippen molar-refractivity contribution in [3.63, 3.8) is 0 Å². The van der Waals surface area contributed by atoms with E-state index in [1.165, 1.54) is 26.0 Å². The maximum absolute atomic E-state index is 13.4. The Morgan fingerprint density at radius 3 is 2.47 bits per heavy atom. The zero-order valence-corrected chi connectivity index (χ0v) is 11.7. The topological polar surface area (TPSA) is 83.5 Å². The molecule has 0 saturated heterocycles. The lowest BCUT2D eigenvalue weighted by atomic mass is 10.1. The molecule has 0 fully saturated rings. The SMILES string of the molecule is CC(C)(CNc1cccc(F)c1C(=O)O)S(C)(=O)=O. The van der Waals surface area contributed by atoms with Gasteiger partial charge in [-0.25, -0.2) is 17.6 Å². The van der Waals surface area contributed by atoms with Gasteiger partial charge in [-0.1, -0.05) is 6.07 Å². The molecule has 1 rings (SSSR count). The number of sulfone groups is 1. The standard InChI is InChI=1S/C12H16FNO4S/c1-12(2,19(3,17)18)7-14-9-6-4-5-8(13)10(9)11(15)16/h4-6,14H,7H2,1-3H3,(H,15,16). The van der Waals surface area contributed by atoms with Crippen LogP contribution in [0.25, 0.3) is 0 Å². The van der Waals surface area contributed by atoms with Gasteiger partial charge in [0.1, 0.15) is 11.4 Å². The predicted molar refractivity (Wildman–Crippen MR) is 70.8 cm³/mol. The molecule has 0 amide bonds. The van der Waals surface area contributed by atoms with Crippen molar-refractivity contribution in [1.82, 2.24) is 0 Å². The first-order valence-corrected chi connectivity index (χ1v) is 7.40. The van der Waals surface area contributed by atoms with Gasteiger partial charge in [-0.15, -0.1) is 0 Å². The summed E-state index contributed by atoms with van der Waals surface area (Å²) in [5.41, 5.74) is -0.434. The number of nitrogens with one attached hydrogen (secondary N) is 1. The molecule has 0 radical (unpaired) electrons. The number of anilines is 1. The highest BCUT2D eigenvalue weighted by molar-refractivity contribution is 7.92. The molecule has 1 aromatic rings. The van der Waals surface area contributed by atoms with Gasteiger partial charge >= 0.3 is 5.97 Å². The molecular weight excluding hydrogens is 273 g/mol. The van der Waals surface area contributed by atoms with Gasteiger partial charge in [-0.05, 0) is 26.0 Å². The molecule has 0 spiro atoms. The molecule has 2 N–H and O–H groups in total. The lowest BCUT2D eigenvalue weighted by Gasteiger charge is -2.24. The van der Waals surface area contributed by atoms with E-state index < -0.39 is 31.9 Å². The number of hydrogen-bond acceptors (Lipinski definition) is 4. The zero-order chi connectivity index (χ0) is 14.8. The number of aromatic carboxylic acids is 1. The zero-order valence-electron chi connectivity index (χ0n) is 10.9. The number of hydrogen-bond donors (Lipinski definition) is 2. The Balaban J connectivity index is 3.03. The second-order valence-corrected chi connectivity index (χ2v) is 7.50. The summed E-state index contributed by atoms with van der Waals surface area (Å²) in [5.74, 6) is -2.27. The first-order chi connectivity index (χ1) is 8.56. The normalized spacial score (nSPS) is 12.2. The van der Waals surface area contributed by atoms with E-state index in [9.17, 15) is 17.6 Å². The minimum atomic E-state index is -3.32. The summed E-state index contributed by atoms with van der Waals surface area (Å²) in [5, 5.41) is 11.6. The molecule has 0 aliphatic rings. The van der Waals surface area contributed by atoms with Crippen molar-refractivity contribution in [2.45, 2.75) is 18.6 Å². The smallest absolute Gasteiger partial charge is 0.340 e. The number of rotatable bonds is 5. The fourth-order valence-corrected chi connectivity index (χ4v) is 1.66. The molecule has 106 valence electrons. The highest BCUT2D eigenvalue weighted by Crippen LogP contribution is 2.22. The Bertz CT molecular complexity index is 596. The monoisotopic (exact) mass is 289 g/mol. The van der Waals surface area contributed by atoms with Gasteiger partial charge in [-0.3, -0.25) is 0 Å². The molecule has 5 nitrogen and oxygen atoms in total. The number of benzene rings is 1. The van der Waals surface area contributed by atoms with Crippen LogP contribution in [-0.4, -0.2) is 37.0 Å². The van der Waals surface area contributed by atoms with Crippen molar-refractivity contribution in [2.24, 2.45) is 0 Å². The van der Waals surface area contributed by atoms with Crippen LogP contribution in [0, 0.1) is 5.82 Å². The predicted octanol–water partition coefficient (Wildman–Crippen LogP) is 1.76. The van der Waals surface area contributed by atoms with E-state index in [0.29, 0.717) is 0 Å². The fourth-order valence-electron chi connectivity index (χ4n) is 1.33. The van der Waals surface area contributed by atoms with Crippen LogP contribution in [-0.2, 0) is 9.84 Å². The molecule has 0 aromatic heterocycles. The van der Waals surface area contributed by atoms with Crippen LogP contribution in [0.4, 0.5) is 10.1 Å². The van der Waals surface area contributed by atoms with Crippen LogP contribution < -0.4 is 5.32 Å². The third-order valence-corrected chi connectivity index (χ3v) is 5.09. The average molecular weight is 289 g/mol. The molecule has 0 unspecified atom stereocenters. The lowest BCUT2D eigenvalue weighted by Crippen LogP contribution is -2.38. The van der Waals surface area contributed by atoms with Crippen LogP contribution in [0.1, 0.15) is 24.2 Å². The first-order valence-electron chi connectivity index (χ1n) is 5.51. The van der Waals surface area contributed by atoms with Gasteiger partial charge in [0.25, 0.3) is 0 Å². The summed E-state index contributed by atoms with van der Waals surface area (Å²) in [6.45, 7) is 3.00. The van der Waals surface area contributed by atoms with E-state index in [1.54, 1.807) is 0 Å². The van der Waals surface area contributed by atoms with Crippen molar-refractivity contribution in [3.05, 3.63) is 29.6 Å². The van der Waals surface area contributed by atoms with Crippen molar-refractivity contribution in [3.8, 4) is 0 Å². The van der Waals surface area contributed by atoms with E-state index in [1.807, 2.05) is 0 Å². The molecule has 1 aromatic carbocycles. The Hall–Kier alpha value is -1.63. The van der Waals surface area contributed by atoms with Gasteiger partial charge in [0.15, 0.2) is 9.84 Å². The third-order valence-electron chi connectivity index (χ3n) is 2.94. The maximum atomic E-state index is 13.4. The largest absolute Gasteiger partial charge is 0.478 e. The third kappa shape index (κ3) is 3.44. The van der Waals surface area contributed by atoms with Crippen LogP contribution in [0.3, 0.4) is 0 Å². The van der Waals surface area contributed by atoms with Crippen molar-refractivity contribution < 1.29 is 22.7 Å². The molecule has 0 bridgehead atoms. The van der Waals surface area contributed by atoms with Gasteiger partial charge < -0.3 is 10.4 Å². The molecule has 0 aliphatic heterocycles. The van der Waals surface area contributed by atoms with Gasteiger partial charge in [-0.2, -0.15) is 0 Å². The van der Waals surface area contributed by atoms with Crippen LogP contribution >= 0.6 is 0 Å². The number of carboxylic acids is 1. The van der Waals surface area contributed by atoms with Crippen molar-refractivity contribution in [1.29, 1.82) is 0 Å². The molecule has 0 saturated carbocycles. The molecule has 7 heteroatoms. The molecule has 0 atom stereocenters. The minimum Gasteiger partial charge on any atom is -0.478 e. The Labute approximate surface area is 111 Å². The quantitative estimate of drug-likeness (QED) is 0.863. The highest BCUT2D eigenvalue weighted by atomic mass is 32.2. The molecular formula is C12H16FNO4S. The maximum Gasteiger partial charge on any atom is 0.340 e. The van der Waals surface area contributed by atoms with Crippen molar-refractivity contribution >= 4 is 21.5 Å².